The molecule has 0 radical (unpaired) electrons. The van der Waals surface area contributed by atoms with Crippen LogP contribution in [0.25, 0.3) is 0 Å². The number of hydrogen-bond acceptors (Lipinski definition) is 5. The SMILES string of the molecule is Cc1ccc(C(=O)NCCc2ccc(N3CCOCC3)cc2)cc1[N+](=O)[O-]. The molecule has 7 nitrogen and oxygen atoms in total. The van der Waals surface area contributed by atoms with Crippen LogP contribution >= 0.6 is 0 Å². The molecule has 1 aliphatic heterocycles. The summed E-state index contributed by atoms with van der Waals surface area (Å²) in [6, 6.07) is 12.8. The molecule has 27 heavy (non-hydrogen) atoms. The van der Waals surface area contributed by atoms with Crippen molar-refractivity contribution in [2.45, 2.75) is 13.3 Å². The van der Waals surface area contributed by atoms with Crippen LogP contribution in [-0.4, -0.2) is 43.7 Å². The molecule has 1 heterocycles. The van der Waals surface area contributed by atoms with E-state index in [1.54, 1.807) is 19.1 Å². The van der Waals surface area contributed by atoms with E-state index in [0.717, 1.165) is 31.9 Å². The highest BCUT2D eigenvalue weighted by Gasteiger charge is 2.15. The van der Waals surface area contributed by atoms with Crippen molar-refractivity contribution in [2.24, 2.45) is 0 Å². The molecule has 0 aromatic heterocycles. The van der Waals surface area contributed by atoms with Gasteiger partial charge in [-0.15, -0.1) is 0 Å². The van der Waals surface area contributed by atoms with Crippen LogP contribution in [0.5, 0.6) is 0 Å². The maximum atomic E-state index is 12.2. The lowest BCUT2D eigenvalue weighted by Crippen LogP contribution is -2.36. The fourth-order valence-electron chi connectivity index (χ4n) is 3.06. The monoisotopic (exact) mass is 369 g/mol. The van der Waals surface area contributed by atoms with Gasteiger partial charge in [0.1, 0.15) is 0 Å². The van der Waals surface area contributed by atoms with Crippen LogP contribution in [0.15, 0.2) is 42.5 Å². The molecule has 3 rings (SSSR count). The topological polar surface area (TPSA) is 84.7 Å². The molecule has 2 aromatic rings. The van der Waals surface area contributed by atoms with Gasteiger partial charge in [0.25, 0.3) is 11.6 Å². The maximum Gasteiger partial charge on any atom is 0.273 e. The zero-order valence-corrected chi connectivity index (χ0v) is 15.3. The van der Waals surface area contributed by atoms with Gasteiger partial charge in [-0.3, -0.25) is 14.9 Å². The summed E-state index contributed by atoms with van der Waals surface area (Å²) in [5.74, 6) is -0.303. The minimum absolute atomic E-state index is 0.0404. The summed E-state index contributed by atoms with van der Waals surface area (Å²) >= 11 is 0. The van der Waals surface area contributed by atoms with Crippen LogP contribution < -0.4 is 10.2 Å². The van der Waals surface area contributed by atoms with Crippen LogP contribution in [0.3, 0.4) is 0 Å². The number of hydrogen-bond donors (Lipinski definition) is 1. The molecule has 1 saturated heterocycles. The summed E-state index contributed by atoms with van der Waals surface area (Å²) in [5, 5.41) is 13.8. The van der Waals surface area contributed by atoms with Crippen molar-refractivity contribution in [3.05, 3.63) is 69.3 Å². The smallest absolute Gasteiger partial charge is 0.273 e. The van der Waals surface area contributed by atoms with Crippen molar-refractivity contribution < 1.29 is 14.5 Å². The average molecular weight is 369 g/mol. The fraction of sp³-hybridized carbons (Fsp3) is 0.350. The van der Waals surface area contributed by atoms with Crippen LogP contribution in [-0.2, 0) is 11.2 Å². The van der Waals surface area contributed by atoms with Crippen LogP contribution in [0.2, 0.25) is 0 Å². The summed E-state index contributed by atoms with van der Waals surface area (Å²) in [7, 11) is 0. The molecule has 1 amide bonds. The molecule has 0 aliphatic carbocycles. The van der Waals surface area contributed by atoms with Crippen molar-refractivity contribution in [1.82, 2.24) is 5.32 Å². The van der Waals surface area contributed by atoms with E-state index in [9.17, 15) is 14.9 Å². The number of aryl methyl sites for hydroxylation is 1. The lowest BCUT2D eigenvalue weighted by atomic mass is 10.1. The van der Waals surface area contributed by atoms with Crippen molar-refractivity contribution in [1.29, 1.82) is 0 Å². The molecule has 1 aliphatic rings. The molecular formula is C20H23N3O4. The maximum absolute atomic E-state index is 12.2. The fourth-order valence-corrected chi connectivity index (χ4v) is 3.06. The van der Waals surface area contributed by atoms with E-state index >= 15 is 0 Å². The number of nitro groups is 1. The first kappa shape index (κ1) is 18.8. The first-order chi connectivity index (χ1) is 13.0. The van der Waals surface area contributed by atoms with Crippen molar-refractivity contribution in [3.63, 3.8) is 0 Å². The second kappa shape index (κ2) is 8.64. The summed E-state index contributed by atoms with van der Waals surface area (Å²) in [4.78, 5) is 25.1. The molecule has 1 N–H and O–H groups in total. The molecule has 0 saturated carbocycles. The van der Waals surface area contributed by atoms with E-state index in [2.05, 4.69) is 34.5 Å². The summed E-state index contributed by atoms with van der Waals surface area (Å²) in [6.07, 6.45) is 0.698. The number of nitrogens with zero attached hydrogens (tertiary/aromatic N) is 2. The van der Waals surface area contributed by atoms with Gasteiger partial charge in [-0.2, -0.15) is 0 Å². The molecule has 0 bridgehead atoms. The predicted molar refractivity (Wildman–Crippen MR) is 103 cm³/mol. The van der Waals surface area contributed by atoms with Crippen LogP contribution in [0, 0.1) is 17.0 Å². The van der Waals surface area contributed by atoms with Gasteiger partial charge in [-0.05, 0) is 37.1 Å². The number of amides is 1. The zero-order chi connectivity index (χ0) is 19.2. The van der Waals surface area contributed by atoms with E-state index < -0.39 is 4.92 Å². The van der Waals surface area contributed by atoms with E-state index in [4.69, 9.17) is 4.74 Å². The number of anilines is 1. The Kier molecular flexibility index (Phi) is 6.03. The Bertz CT molecular complexity index is 814. The van der Waals surface area contributed by atoms with Gasteiger partial charge in [0, 0.05) is 42.5 Å². The number of carbonyl (C=O) groups excluding carboxylic acids is 1. The highest BCUT2D eigenvalue weighted by atomic mass is 16.6. The number of ether oxygens (including phenoxy) is 1. The third kappa shape index (κ3) is 4.83. The van der Waals surface area contributed by atoms with E-state index in [1.807, 2.05) is 0 Å². The average Bonchev–Trinajstić information content (AvgIpc) is 2.69. The van der Waals surface area contributed by atoms with Gasteiger partial charge < -0.3 is 15.0 Å². The first-order valence-electron chi connectivity index (χ1n) is 8.99. The van der Waals surface area contributed by atoms with Crippen molar-refractivity contribution in [2.75, 3.05) is 37.7 Å². The Morgan fingerprint density at radius 1 is 1.19 bits per heavy atom. The van der Waals surface area contributed by atoms with Crippen molar-refractivity contribution in [3.8, 4) is 0 Å². The van der Waals surface area contributed by atoms with E-state index in [1.165, 1.54) is 11.8 Å². The Balaban J connectivity index is 1.52. The van der Waals surface area contributed by atoms with Gasteiger partial charge in [-0.25, -0.2) is 0 Å². The molecule has 142 valence electrons. The molecule has 0 spiro atoms. The molecule has 0 atom stereocenters. The first-order valence-corrected chi connectivity index (χ1v) is 8.99. The summed E-state index contributed by atoms with van der Waals surface area (Å²) < 4.78 is 5.36. The number of nitrogens with one attached hydrogen (secondary N) is 1. The van der Waals surface area contributed by atoms with Gasteiger partial charge in [0.05, 0.1) is 18.1 Å². The largest absolute Gasteiger partial charge is 0.378 e. The summed E-state index contributed by atoms with van der Waals surface area (Å²) in [6.45, 7) is 5.43. The van der Waals surface area contributed by atoms with E-state index in [0.29, 0.717) is 24.1 Å². The lowest BCUT2D eigenvalue weighted by molar-refractivity contribution is -0.385. The predicted octanol–water partition coefficient (Wildman–Crippen LogP) is 2.71. The minimum Gasteiger partial charge on any atom is -0.378 e. The van der Waals surface area contributed by atoms with Crippen LogP contribution in [0.1, 0.15) is 21.5 Å². The van der Waals surface area contributed by atoms with Crippen LogP contribution in [0.4, 0.5) is 11.4 Å². The third-order valence-corrected chi connectivity index (χ3v) is 4.68. The quantitative estimate of drug-likeness (QED) is 0.625. The molecule has 2 aromatic carbocycles. The second-order valence-electron chi connectivity index (χ2n) is 6.53. The number of benzene rings is 2. The molecule has 7 heteroatoms. The number of rotatable bonds is 6. The Morgan fingerprint density at radius 3 is 2.56 bits per heavy atom. The van der Waals surface area contributed by atoms with E-state index in [-0.39, 0.29) is 11.6 Å². The highest BCUT2D eigenvalue weighted by Crippen LogP contribution is 2.19. The normalized spacial score (nSPS) is 14.0. The van der Waals surface area contributed by atoms with Gasteiger partial charge in [-0.1, -0.05) is 18.2 Å². The lowest BCUT2D eigenvalue weighted by Gasteiger charge is -2.28. The van der Waals surface area contributed by atoms with Gasteiger partial charge in [0.15, 0.2) is 0 Å². The number of carbonyl (C=O) groups is 1. The minimum atomic E-state index is -0.470. The zero-order valence-electron chi connectivity index (χ0n) is 15.3. The third-order valence-electron chi connectivity index (χ3n) is 4.68. The Hall–Kier alpha value is -2.93. The van der Waals surface area contributed by atoms with Crippen molar-refractivity contribution >= 4 is 17.3 Å². The summed E-state index contributed by atoms with van der Waals surface area (Å²) in [5.41, 5.74) is 3.11. The Morgan fingerprint density at radius 2 is 1.89 bits per heavy atom. The molecular weight excluding hydrogens is 346 g/mol. The van der Waals surface area contributed by atoms with Gasteiger partial charge in [0.2, 0.25) is 0 Å². The number of morpholine rings is 1. The Labute approximate surface area is 158 Å². The standard InChI is InChI=1S/C20H23N3O4/c1-15-2-5-17(14-19(15)23(25)26)20(24)21-9-8-16-3-6-18(7-4-16)22-10-12-27-13-11-22/h2-7,14H,8-13H2,1H3,(H,21,24). The molecule has 1 fully saturated rings. The second-order valence-corrected chi connectivity index (χ2v) is 6.53. The van der Waals surface area contributed by atoms with Gasteiger partial charge >= 0.3 is 0 Å². The highest BCUT2D eigenvalue weighted by molar-refractivity contribution is 5.95. The molecule has 0 unspecified atom stereocenters. The number of nitro benzene ring substituents is 1.